The molecule has 0 bridgehead atoms. The van der Waals surface area contributed by atoms with Crippen LogP contribution in [0.2, 0.25) is 5.02 Å². The lowest BCUT2D eigenvalue weighted by atomic mass is 10.1. The van der Waals surface area contributed by atoms with Crippen molar-refractivity contribution in [2.75, 3.05) is 0 Å². The van der Waals surface area contributed by atoms with Crippen molar-refractivity contribution in [1.82, 2.24) is 5.16 Å². The van der Waals surface area contributed by atoms with Gasteiger partial charge in [0.1, 0.15) is 12.3 Å². The molecule has 0 saturated carbocycles. The van der Waals surface area contributed by atoms with E-state index in [1.54, 1.807) is 36.6 Å². The molecule has 0 aliphatic rings. The maximum Gasteiger partial charge on any atom is 0.310 e. The molecule has 0 unspecified atom stereocenters. The van der Waals surface area contributed by atoms with Crippen molar-refractivity contribution in [1.29, 1.82) is 0 Å². The summed E-state index contributed by atoms with van der Waals surface area (Å²) in [5, 5.41) is 4.37. The number of hydrogen-bond acceptors (Lipinski definition) is 5. The predicted molar refractivity (Wildman–Crippen MR) is 79.2 cm³/mol. The van der Waals surface area contributed by atoms with E-state index in [4.69, 9.17) is 25.3 Å². The Bertz CT molecular complexity index is 764. The summed E-state index contributed by atoms with van der Waals surface area (Å²) in [6.45, 7) is 0.0352. The summed E-state index contributed by atoms with van der Waals surface area (Å²) < 4.78 is 15.5. The molecule has 1 aromatic carbocycles. The van der Waals surface area contributed by atoms with E-state index >= 15 is 0 Å². The number of aromatic nitrogens is 1. The number of carbonyl (C=O) groups excluding carboxylic acids is 1. The number of hydrogen-bond donors (Lipinski definition) is 0. The van der Waals surface area contributed by atoms with Crippen molar-refractivity contribution in [2.45, 2.75) is 13.0 Å². The van der Waals surface area contributed by atoms with Crippen LogP contribution in [0.25, 0.3) is 11.5 Å². The topological polar surface area (TPSA) is 65.5 Å². The first-order valence-electron chi connectivity index (χ1n) is 6.61. The summed E-state index contributed by atoms with van der Waals surface area (Å²) in [4.78, 5) is 11.8. The van der Waals surface area contributed by atoms with Gasteiger partial charge < -0.3 is 13.7 Å². The van der Waals surface area contributed by atoms with Crippen LogP contribution in [0.1, 0.15) is 11.3 Å². The van der Waals surface area contributed by atoms with Crippen LogP contribution in [0.4, 0.5) is 0 Å². The van der Waals surface area contributed by atoms with Gasteiger partial charge in [0.05, 0.1) is 12.7 Å². The first-order valence-corrected chi connectivity index (χ1v) is 6.98. The van der Waals surface area contributed by atoms with Gasteiger partial charge in [-0.1, -0.05) is 35.0 Å². The first kappa shape index (κ1) is 14.4. The van der Waals surface area contributed by atoms with E-state index in [1.165, 1.54) is 0 Å². The van der Waals surface area contributed by atoms with Gasteiger partial charge >= 0.3 is 5.97 Å². The number of benzene rings is 1. The summed E-state index contributed by atoms with van der Waals surface area (Å²) in [5.41, 5.74) is 1.24. The van der Waals surface area contributed by atoms with Crippen molar-refractivity contribution in [3.8, 4) is 11.5 Å². The third kappa shape index (κ3) is 3.38. The maximum absolute atomic E-state index is 11.8. The fourth-order valence-corrected chi connectivity index (χ4v) is 2.12. The summed E-state index contributed by atoms with van der Waals surface area (Å²) in [6.07, 6.45) is 1.66. The number of ether oxygens (including phenoxy) is 1. The van der Waals surface area contributed by atoms with Gasteiger partial charge in [0.25, 0.3) is 0 Å². The third-order valence-electron chi connectivity index (χ3n) is 3.00. The van der Waals surface area contributed by atoms with E-state index in [9.17, 15) is 4.79 Å². The smallest absolute Gasteiger partial charge is 0.310 e. The standard InChI is InChI=1S/C16H12ClNO4/c17-13-5-2-1-4-11(13)8-16(19)21-10-12-9-15(22-18-12)14-6-3-7-20-14/h1-7,9H,8,10H2. The van der Waals surface area contributed by atoms with Crippen LogP contribution in [0.15, 0.2) is 57.7 Å². The fraction of sp³-hybridized carbons (Fsp3) is 0.125. The Morgan fingerprint density at radius 3 is 2.82 bits per heavy atom. The van der Waals surface area contributed by atoms with E-state index in [0.29, 0.717) is 22.2 Å². The van der Waals surface area contributed by atoms with Crippen molar-refractivity contribution in [3.05, 3.63) is 65.0 Å². The van der Waals surface area contributed by atoms with Gasteiger partial charge in [-0.3, -0.25) is 4.79 Å². The zero-order chi connectivity index (χ0) is 15.4. The molecule has 0 amide bonds. The van der Waals surface area contributed by atoms with Crippen LogP contribution in [0, 0.1) is 0 Å². The van der Waals surface area contributed by atoms with Gasteiger partial charge in [0.2, 0.25) is 5.76 Å². The second kappa shape index (κ2) is 6.49. The monoisotopic (exact) mass is 317 g/mol. The Labute approximate surface area is 131 Å². The highest BCUT2D eigenvalue weighted by atomic mass is 35.5. The predicted octanol–water partition coefficient (Wildman–Crippen LogP) is 3.87. The summed E-state index contributed by atoms with van der Waals surface area (Å²) in [7, 11) is 0. The quantitative estimate of drug-likeness (QED) is 0.668. The van der Waals surface area contributed by atoms with E-state index in [0.717, 1.165) is 5.56 Å². The molecule has 0 N–H and O–H groups in total. The van der Waals surface area contributed by atoms with Gasteiger partial charge in [-0.05, 0) is 23.8 Å². The molecule has 112 valence electrons. The highest BCUT2D eigenvalue weighted by Gasteiger charge is 2.12. The minimum Gasteiger partial charge on any atom is -0.461 e. The zero-order valence-electron chi connectivity index (χ0n) is 11.5. The second-order valence-electron chi connectivity index (χ2n) is 4.59. The van der Waals surface area contributed by atoms with Gasteiger partial charge in [0, 0.05) is 11.1 Å². The Kier molecular flexibility index (Phi) is 4.25. The Morgan fingerprint density at radius 2 is 2.05 bits per heavy atom. The van der Waals surface area contributed by atoms with E-state index in [-0.39, 0.29) is 19.0 Å². The Balaban J connectivity index is 1.56. The van der Waals surface area contributed by atoms with Crippen LogP contribution < -0.4 is 0 Å². The normalized spacial score (nSPS) is 10.6. The molecule has 0 atom stereocenters. The third-order valence-corrected chi connectivity index (χ3v) is 3.37. The van der Waals surface area contributed by atoms with E-state index < -0.39 is 0 Å². The Hall–Kier alpha value is -2.53. The fourth-order valence-electron chi connectivity index (χ4n) is 1.92. The average molecular weight is 318 g/mol. The number of rotatable bonds is 5. The molecule has 2 heterocycles. The van der Waals surface area contributed by atoms with Crippen LogP contribution >= 0.6 is 11.6 Å². The molecule has 0 radical (unpaired) electrons. The summed E-state index contributed by atoms with van der Waals surface area (Å²) in [5.74, 6) is 0.680. The van der Waals surface area contributed by atoms with Crippen LogP contribution in [0.3, 0.4) is 0 Å². The summed E-state index contributed by atoms with van der Waals surface area (Å²) >= 11 is 6.00. The van der Waals surface area contributed by atoms with Crippen molar-refractivity contribution >= 4 is 17.6 Å². The average Bonchev–Trinajstić information content (AvgIpc) is 3.18. The van der Waals surface area contributed by atoms with E-state index in [1.807, 2.05) is 12.1 Å². The second-order valence-corrected chi connectivity index (χ2v) is 5.00. The lowest BCUT2D eigenvalue weighted by Gasteiger charge is -2.04. The first-order chi connectivity index (χ1) is 10.7. The van der Waals surface area contributed by atoms with Crippen LogP contribution in [0.5, 0.6) is 0 Å². The maximum atomic E-state index is 11.8. The molecule has 2 aromatic heterocycles. The summed E-state index contributed by atoms with van der Waals surface area (Å²) in [6, 6.07) is 12.3. The van der Waals surface area contributed by atoms with Gasteiger partial charge in [0.15, 0.2) is 5.76 Å². The lowest BCUT2D eigenvalue weighted by molar-refractivity contribution is -0.144. The number of furan rings is 1. The molecule has 0 saturated heterocycles. The highest BCUT2D eigenvalue weighted by molar-refractivity contribution is 6.31. The molecule has 3 aromatic rings. The number of nitrogens with zero attached hydrogens (tertiary/aromatic N) is 1. The highest BCUT2D eigenvalue weighted by Crippen LogP contribution is 2.21. The van der Waals surface area contributed by atoms with Crippen molar-refractivity contribution in [3.63, 3.8) is 0 Å². The molecule has 6 heteroatoms. The number of esters is 1. The van der Waals surface area contributed by atoms with Crippen LogP contribution in [-0.4, -0.2) is 11.1 Å². The molecule has 0 fully saturated rings. The minimum atomic E-state index is -0.379. The number of carbonyl (C=O) groups is 1. The molecule has 3 rings (SSSR count). The largest absolute Gasteiger partial charge is 0.461 e. The van der Waals surface area contributed by atoms with Gasteiger partial charge in [-0.2, -0.15) is 0 Å². The van der Waals surface area contributed by atoms with Crippen molar-refractivity contribution in [2.24, 2.45) is 0 Å². The molecule has 22 heavy (non-hydrogen) atoms. The van der Waals surface area contributed by atoms with Crippen molar-refractivity contribution < 1.29 is 18.5 Å². The van der Waals surface area contributed by atoms with E-state index in [2.05, 4.69) is 5.16 Å². The molecular formula is C16H12ClNO4. The molecule has 0 spiro atoms. The molecule has 0 aliphatic heterocycles. The minimum absolute atomic E-state index is 0.0352. The number of halogens is 1. The lowest BCUT2D eigenvalue weighted by Crippen LogP contribution is -2.08. The Morgan fingerprint density at radius 1 is 1.18 bits per heavy atom. The van der Waals surface area contributed by atoms with Crippen LogP contribution in [-0.2, 0) is 22.6 Å². The van der Waals surface area contributed by atoms with Gasteiger partial charge in [-0.15, -0.1) is 0 Å². The zero-order valence-corrected chi connectivity index (χ0v) is 12.2. The van der Waals surface area contributed by atoms with Gasteiger partial charge in [-0.25, -0.2) is 0 Å². The molecular weight excluding hydrogens is 306 g/mol. The SMILES string of the molecule is O=C(Cc1ccccc1Cl)OCc1cc(-c2ccco2)on1. The molecule has 0 aliphatic carbocycles. The molecule has 5 nitrogen and oxygen atoms in total.